The van der Waals surface area contributed by atoms with Gasteiger partial charge in [-0.25, -0.2) is 8.78 Å². The van der Waals surface area contributed by atoms with Crippen molar-refractivity contribution in [3.63, 3.8) is 0 Å². The highest BCUT2D eigenvalue weighted by Crippen LogP contribution is 2.26. The molecule has 1 aromatic carbocycles. The molecule has 1 aliphatic carbocycles. The van der Waals surface area contributed by atoms with Gasteiger partial charge in [-0.3, -0.25) is 4.79 Å². The molecule has 0 amide bonds. The van der Waals surface area contributed by atoms with E-state index in [1.165, 1.54) is 6.07 Å². The maximum absolute atomic E-state index is 13.2. The second-order valence-corrected chi connectivity index (χ2v) is 5.33. The number of rotatable bonds is 3. The number of Topliss-reactive ketones (excluding diaryl/α,β-unsaturated/α-hetero) is 1. The summed E-state index contributed by atoms with van der Waals surface area (Å²) in [6, 6.07) is 3.63. The largest absolute Gasteiger partial charge is 0.303 e. The molecule has 0 unspecified atom stereocenters. The Balaban J connectivity index is 2.22. The highest BCUT2D eigenvalue weighted by Gasteiger charge is 2.20. The van der Waals surface area contributed by atoms with E-state index < -0.39 is 11.6 Å². The first-order chi connectivity index (χ1) is 10.5. The van der Waals surface area contributed by atoms with Crippen LogP contribution in [0.2, 0.25) is 0 Å². The first-order valence-corrected chi connectivity index (χ1v) is 7.08. The Kier molecular flexibility index (Phi) is 5.20. The second kappa shape index (κ2) is 7.11. The van der Waals surface area contributed by atoms with Crippen LogP contribution in [0.5, 0.6) is 0 Å². The number of ketones is 1. The van der Waals surface area contributed by atoms with Gasteiger partial charge >= 0.3 is 0 Å². The van der Waals surface area contributed by atoms with Gasteiger partial charge in [0.1, 0.15) is 0 Å². The van der Waals surface area contributed by atoms with E-state index in [1.807, 2.05) is 0 Å². The zero-order chi connectivity index (χ0) is 16.1. The third-order valence-electron chi connectivity index (χ3n) is 3.33. The fourth-order valence-corrected chi connectivity index (χ4v) is 2.26. The van der Waals surface area contributed by atoms with E-state index in [-0.39, 0.29) is 5.78 Å². The highest BCUT2D eigenvalue weighted by molar-refractivity contribution is 6.13. The molecule has 0 aromatic heterocycles. The number of halogens is 2. The monoisotopic (exact) mass is 304 g/mol. The van der Waals surface area contributed by atoms with E-state index in [0.717, 1.165) is 18.6 Å². The summed E-state index contributed by atoms with van der Waals surface area (Å²) in [6.45, 7) is 0. The number of nitrogens with zero attached hydrogens (tertiary/aromatic N) is 2. The molecule has 116 valence electrons. The van der Waals surface area contributed by atoms with Crippen molar-refractivity contribution in [1.82, 2.24) is 5.01 Å². The Morgan fingerprint density at radius 3 is 2.55 bits per heavy atom. The molecular formula is C17H18F2N2O. The SMILES string of the molecule is CN(C)/N=C/C=C1/CCC/C(=C/c2ccc(F)c(F)c2)C1=O. The summed E-state index contributed by atoms with van der Waals surface area (Å²) >= 11 is 0. The van der Waals surface area contributed by atoms with Crippen LogP contribution in [0.4, 0.5) is 8.78 Å². The normalized spacial score (nSPS) is 19.4. The summed E-state index contributed by atoms with van der Waals surface area (Å²) < 4.78 is 26.2. The minimum Gasteiger partial charge on any atom is -0.303 e. The van der Waals surface area contributed by atoms with Crippen molar-refractivity contribution in [1.29, 1.82) is 0 Å². The lowest BCUT2D eigenvalue weighted by Gasteiger charge is -2.16. The molecule has 3 nitrogen and oxygen atoms in total. The number of carbonyl (C=O) groups excluding carboxylic acids is 1. The summed E-state index contributed by atoms with van der Waals surface area (Å²) in [5.41, 5.74) is 1.79. The summed E-state index contributed by atoms with van der Waals surface area (Å²) in [6.07, 6.45) is 7.12. The third-order valence-corrected chi connectivity index (χ3v) is 3.33. The average molecular weight is 304 g/mol. The predicted octanol–water partition coefficient (Wildman–Crippen LogP) is 3.58. The quantitative estimate of drug-likeness (QED) is 0.486. The standard InChI is InChI=1S/C17H18F2N2O/c1-21(2)20-9-8-13-4-3-5-14(17(13)22)10-12-6-7-15(18)16(19)11-12/h6-11H,3-5H2,1-2H3/b13-8-,14-10-,20-9+. The van der Waals surface area contributed by atoms with Crippen molar-refractivity contribution in [3.8, 4) is 0 Å². The molecule has 0 aliphatic heterocycles. The Labute approximate surface area is 128 Å². The van der Waals surface area contributed by atoms with Crippen LogP contribution in [0, 0.1) is 11.6 Å². The van der Waals surface area contributed by atoms with Crippen LogP contribution in [-0.4, -0.2) is 31.1 Å². The molecule has 1 aliphatic rings. The topological polar surface area (TPSA) is 32.7 Å². The van der Waals surface area contributed by atoms with E-state index in [2.05, 4.69) is 5.10 Å². The van der Waals surface area contributed by atoms with Crippen LogP contribution < -0.4 is 0 Å². The van der Waals surface area contributed by atoms with Gasteiger partial charge in [-0.15, -0.1) is 0 Å². The Hall–Kier alpha value is -2.30. The maximum atomic E-state index is 13.2. The molecule has 0 saturated heterocycles. The summed E-state index contributed by atoms with van der Waals surface area (Å²) in [7, 11) is 3.60. The molecule has 1 aromatic rings. The summed E-state index contributed by atoms with van der Waals surface area (Å²) in [4.78, 5) is 12.4. The first-order valence-electron chi connectivity index (χ1n) is 7.08. The fourth-order valence-electron chi connectivity index (χ4n) is 2.26. The Morgan fingerprint density at radius 2 is 1.86 bits per heavy atom. The van der Waals surface area contributed by atoms with E-state index in [4.69, 9.17) is 0 Å². The zero-order valence-electron chi connectivity index (χ0n) is 12.6. The number of hydrazone groups is 1. The van der Waals surface area contributed by atoms with Crippen molar-refractivity contribution < 1.29 is 13.6 Å². The zero-order valence-corrected chi connectivity index (χ0v) is 12.6. The summed E-state index contributed by atoms with van der Waals surface area (Å²) in [5, 5.41) is 5.69. The number of hydrogen-bond donors (Lipinski definition) is 0. The third kappa shape index (κ3) is 4.10. The van der Waals surface area contributed by atoms with Gasteiger partial charge in [0.15, 0.2) is 17.4 Å². The van der Waals surface area contributed by atoms with Gasteiger partial charge < -0.3 is 5.01 Å². The predicted molar refractivity (Wildman–Crippen MR) is 83.5 cm³/mol. The molecule has 0 radical (unpaired) electrons. The molecule has 5 heteroatoms. The van der Waals surface area contributed by atoms with Crippen molar-refractivity contribution in [2.45, 2.75) is 19.3 Å². The van der Waals surface area contributed by atoms with Gasteiger partial charge in [0.2, 0.25) is 0 Å². The van der Waals surface area contributed by atoms with Gasteiger partial charge in [-0.05, 0) is 49.1 Å². The van der Waals surface area contributed by atoms with Crippen LogP contribution in [0.15, 0.2) is 40.5 Å². The van der Waals surface area contributed by atoms with Crippen LogP contribution in [-0.2, 0) is 4.79 Å². The first kappa shape index (κ1) is 16.1. The van der Waals surface area contributed by atoms with E-state index in [1.54, 1.807) is 37.5 Å². The maximum Gasteiger partial charge on any atom is 0.185 e. The number of hydrogen-bond acceptors (Lipinski definition) is 3. The summed E-state index contributed by atoms with van der Waals surface area (Å²) in [5.74, 6) is -1.86. The lowest BCUT2D eigenvalue weighted by molar-refractivity contribution is -0.112. The van der Waals surface area contributed by atoms with Crippen molar-refractivity contribution in [2.24, 2.45) is 5.10 Å². The molecule has 1 fully saturated rings. The van der Waals surface area contributed by atoms with Crippen molar-refractivity contribution >= 4 is 18.1 Å². The molecule has 0 atom stereocenters. The molecule has 22 heavy (non-hydrogen) atoms. The lowest BCUT2D eigenvalue weighted by Crippen LogP contribution is -2.13. The van der Waals surface area contributed by atoms with Crippen molar-refractivity contribution in [2.75, 3.05) is 14.1 Å². The molecular weight excluding hydrogens is 286 g/mol. The molecule has 1 saturated carbocycles. The minimum atomic E-state index is -0.911. The Morgan fingerprint density at radius 1 is 1.14 bits per heavy atom. The smallest absolute Gasteiger partial charge is 0.185 e. The van der Waals surface area contributed by atoms with Crippen LogP contribution in [0.3, 0.4) is 0 Å². The molecule has 0 N–H and O–H groups in total. The van der Waals surface area contributed by atoms with Gasteiger partial charge in [0.25, 0.3) is 0 Å². The van der Waals surface area contributed by atoms with E-state index >= 15 is 0 Å². The molecule has 0 heterocycles. The molecule has 2 rings (SSSR count). The highest BCUT2D eigenvalue weighted by atomic mass is 19.2. The number of carbonyl (C=O) groups is 1. The van der Waals surface area contributed by atoms with Crippen molar-refractivity contribution in [3.05, 3.63) is 52.6 Å². The van der Waals surface area contributed by atoms with Crippen LogP contribution in [0.25, 0.3) is 6.08 Å². The average Bonchev–Trinajstić information content (AvgIpc) is 2.46. The second-order valence-electron chi connectivity index (χ2n) is 5.33. The van der Waals surface area contributed by atoms with Gasteiger partial charge in [-0.2, -0.15) is 5.10 Å². The fraction of sp³-hybridized carbons (Fsp3) is 0.294. The van der Waals surface area contributed by atoms with E-state index in [0.29, 0.717) is 29.6 Å². The van der Waals surface area contributed by atoms with Crippen LogP contribution >= 0.6 is 0 Å². The molecule has 0 bridgehead atoms. The number of allylic oxidation sites excluding steroid dienone is 3. The molecule has 0 spiro atoms. The van der Waals surface area contributed by atoms with E-state index in [9.17, 15) is 13.6 Å². The van der Waals surface area contributed by atoms with Crippen LogP contribution in [0.1, 0.15) is 24.8 Å². The Bertz CT molecular complexity index is 661. The van der Waals surface area contributed by atoms with Gasteiger partial charge in [0.05, 0.1) is 0 Å². The lowest BCUT2D eigenvalue weighted by atomic mass is 9.87. The van der Waals surface area contributed by atoms with Gasteiger partial charge in [0, 0.05) is 31.5 Å². The minimum absolute atomic E-state index is 0.0545. The number of benzene rings is 1. The van der Waals surface area contributed by atoms with Gasteiger partial charge in [-0.1, -0.05) is 6.07 Å².